The minimum absolute atomic E-state index is 0.0293. The predicted molar refractivity (Wildman–Crippen MR) is 57.9 cm³/mol. The smallest absolute Gasteiger partial charge is 0.305 e. The molecule has 0 bridgehead atoms. The van der Waals surface area contributed by atoms with E-state index < -0.39 is 5.97 Å². The molecule has 16 heavy (non-hydrogen) atoms. The van der Waals surface area contributed by atoms with E-state index in [0.29, 0.717) is 6.42 Å². The second-order valence-corrected chi connectivity index (χ2v) is 4.87. The SMILES string of the molecule is CCc1nnnn1C(CC(=O)O)C(C)(C)C. The number of aryl methyl sites for hydroxylation is 1. The number of rotatable bonds is 4. The number of aromatic nitrogens is 4. The van der Waals surface area contributed by atoms with Gasteiger partial charge in [-0.3, -0.25) is 4.79 Å². The number of hydrogen-bond acceptors (Lipinski definition) is 4. The van der Waals surface area contributed by atoms with Crippen molar-refractivity contribution in [2.75, 3.05) is 0 Å². The molecule has 0 aliphatic carbocycles. The second-order valence-electron chi connectivity index (χ2n) is 4.87. The second kappa shape index (κ2) is 4.59. The lowest BCUT2D eigenvalue weighted by molar-refractivity contribution is -0.138. The van der Waals surface area contributed by atoms with Crippen molar-refractivity contribution in [3.63, 3.8) is 0 Å². The first kappa shape index (κ1) is 12.6. The zero-order valence-electron chi connectivity index (χ0n) is 10.1. The van der Waals surface area contributed by atoms with Crippen LogP contribution in [0.2, 0.25) is 0 Å². The lowest BCUT2D eigenvalue weighted by Crippen LogP contribution is -2.29. The summed E-state index contributed by atoms with van der Waals surface area (Å²) in [6.45, 7) is 7.91. The van der Waals surface area contributed by atoms with E-state index in [0.717, 1.165) is 5.82 Å². The highest BCUT2D eigenvalue weighted by atomic mass is 16.4. The van der Waals surface area contributed by atoms with E-state index in [2.05, 4.69) is 15.5 Å². The minimum Gasteiger partial charge on any atom is -0.481 e. The minimum atomic E-state index is -0.836. The molecular formula is C10H18N4O2. The summed E-state index contributed by atoms with van der Waals surface area (Å²) in [6.07, 6.45) is 0.723. The Morgan fingerprint density at radius 1 is 1.50 bits per heavy atom. The summed E-state index contributed by atoms with van der Waals surface area (Å²) in [6, 6.07) is -0.227. The van der Waals surface area contributed by atoms with Crippen molar-refractivity contribution in [3.8, 4) is 0 Å². The molecule has 0 amide bonds. The molecule has 1 heterocycles. The summed E-state index contributed by atoms with van der Waals surface area (Å²) in [4.78, 5) is 10.9. The van der Waals surface area contributed by atoms with Crippen LogP contribution in [0.4, 0.5) is 0 Å². The molecule has 0 aromatic carbocycles. The van der Waals surface area contributed by atoms with Gasteiger partial charge in [0.2, 0.25) is 0 Å². The lowest BCUT2D eigenvalue weighted by Gasteiger charge is -2.29. The van der Waals surface area contributed by atoms with Gasteiger partial charge in [0.25, 0.3) is 0 Å². The Balaban J connectivity index is 3.06. The van der Waals surface area contributed by atoms with Crippen molar-refractivity contribution in [3.05, 3.63) is 5.82 Å². The summed E-state index contributed by atoms with van der Waals surface area (Å²) in [5.74, 6) is -0.112. The number of carboxylic acids is 1. The van der Waals surface area contributed by atoms with Gasteiger partial charge >= 0.3 is 5.97 Å². The van der Waals surface area contributed by atoms with Gasteiger partial charge < -0.3 is 5.11 Å². The standard InChI is InChI=1S/C10H18N4O2/c1-5-8-11-12-13-14(8)7(6-9(15)16)10(2,3)4/h7H,5-6H2,1-4H3,(H,15,16). The molecule has 90 valence electrons. The molecular weight excluding hydrogens is 208 g/mol. The molecule has 1 atom stereocenters. The number of carboxylic acid groups (broad SMARTS) is 1. The van der Waals surface area contributed by atoms with Crippen LogP contribution in [0.3, 0.4) is 0 Å². The highest BCUT2D eigenvalue weighted by Crippen LogP contribution is 2.33. The third-order valence-corrected chi connectivity index (χ3v) is 2.54. The molecule has 0 saturated heterocycles. The maximum atomic E-state index is 10.9. The van der Waals surface area contributed by atoms with Gasteiger partial charge in [-0.15, -0.1) is 5.10 Å². The molecule has 0 aliphatic heterocycles. The molecule has 0 fully saturated rings. The summed E-state index contributed by atoms with van der Waals surface area (Å²) < 4.78 is 1.63. The van der Waals surface area contributed by atoms with Gasteiger partial charge in [-0.2, -0.15) is 0 Å². The van der Waals surface area contributed by atoms with Crippen LogP contribution < -0.4 is 0 Å². The average molecular weight is 226 g/mol. The highest BCUT2D eigenvalue weighted by Gasteiger charge is 2.31. The van der Waals surface area contributed by atoms with Crippen LogP contribution in [0, 0.1) is 5.41 Å². The maximum absolute atomic E-state index is 10.9. The first-order valence-corrected chi connectivity index (χ1v) is 5.34. The van der Waals surface area contributed by atoms with Crippen molar-refractivity contribution in [2.45, 2.75) is 46.6 Å². The monoisotopic (exact) mass is 226 g/mol. The van der Waals surface area contributed by atoms with E-state index in [9.17, 15) is 4.79 Å². The van der Waals surface area contributed by atoms with Crippen LogP contribution in [0.25, 0.3) is 0 Å². The molecule has 1 N–H and O–H groups in total. The largest absolute Gasteiger partial charge is 0.481 e. The van der Waals surface area contributed by atoms with Gasteiger partial charge in [-0.25, -0.2) is 4.68 Å². The number of tetrazole rings is 1. The summed E-state index contributed by atoms with van der Waals surface area (Å²) in [7, 11) is 0. The molecule has 1 aromatic rings. The van der Waals surface area contributed by atoms with Gasteiger partial charge in [0.15, 0.2) is 5.82 Å². The summed E-state index contributed by atoms with van der Waals surface area (Å²) >= 11 is 0. The zero-order chi connectivity index (χ0) is 12.3. The van der Waals surface area contributed by atoms with Crippen molar-refractivity contribution in [1.82, 2.24) is 20.2 Å². The first-order valence-electron chi connectivity index (χ1n) is 5.34. The van der Waals surface area contributed by atoms with Crippen LogP contribution in [-0.4, -0.2) is 31.3 Å². The molecule has 0 saturated carbocycles. The molecule has 1 aromatic heterocycles. The topological polar surface area (TPSA) is 80.9 Å². The quantitative estimate of drug-likeness (QED) is 0.836. The van der Waals surface area contributed by atoms with E-state index in [4.69, 9.17) is 5.11 Å². The maximum Gasteiger partial charge on any atom is 0.305 e. The Hall–Kier alpha value is -1.46. The fraction of sp³-hybridized carbons (Fsp3) is 0.800. The van der Waals surface area contributed by atoms with Gasteiger partial charge in [-0.05, 0) is 15.8 Å². The van der Waals surface area contributed by atoms with Crippen molar-refractivity contribution >= 4 is 5.97 Å². The van der Waals surface area contributed by atoms with Gasteiger partial charge in [0.1, 0.15) is 0 Å². The Morgan fingerprint density at radius 3 is 2.56 bits per heavy atom. The van der Waals surface area contributed by atoms with E-state index in [1.165, 1.54) is 0 Å². The Labute approximate surface area is 94.7 Å². The van der Waals surface area contributed by atoms with Crippen LogP contribution >= 0.6 is 0 Å². The van der Waals surface area contributed by atoms with Crippen molar-refractivity contribution in [2.24, 2.45) is 5.41 Å². The van der Waals surface area contributed by atoms with Gasteiger partial charge in [0, 0.05) is 6.42 Å². The first-order chi connectivity index (χ1) is 7.36. The van der Waals surface area contributed by atoms with Crippen molar-refractivity contribution < 1.29 is 9.90 Å². The lowest BCUT2D eigenvalue weighted by atomic mass is 9.85. The molecule has 6 heteroatoms. The normalized spacial score (nSPS) is 13.8. The van der Waals surface area contributed by atoms with E-state index in [-0.39, 0.29) is 17.9 Å². The number of carbonyl (C=O) groups is 1. The van der Waals surface area contributed by atoms with E-state index in [1.807, 2.05) is 27.7 Å². The Bertz CT molecular complexity index is 367. The molecule has 0 aliphatic rings. The number of hydrogen-bond donors (Lipinski definition) is 1. The molecule has 6 nitrogen and oxygen atoms in total. The van der Waals surface area contributed by atoms with E-state index in [1.54, 1.807) is 4.68 Å². The fourth-order valence-electron chi connectivity index (χ4n) is 1.61. The van der Waals surface area contributed by atoms with Crippen molar-refractivity contribution in [1.29, 1.82) is 0 Å². The predicted octanol–water partition coefficient (Wildman–Crippen LogP) is 1.30. The number of nitrogens with zero attached hydrogens (tertiary/aromatic N) is 4. The number of aliphatic carboxylic acids is 1. The zero-order valence-corrected chi connectivity index (χ0v) is 10.1. The highest BCUT2D eigenvalue weighted by molar-refractivity contribution is 5.67. The molecule has 1 unspecified atom stereocenters. The van der Waals surface area contributed by atoms with Crippen LogP contribution in [-0.2, 0) is 11.2 Å². The summed E-state index contributed by atoms with van der Waals surface area (Å²) in [5.41, 5.74) is -0.197. The van der Waals surface area contributed by atoms with Gasteiger partial charge in [-0.1, -0.05) is 27.7 Å². The Kier molecular flexibility index (Phi) is 3.62. The molecule has 0 radical (unpaired) electrons. The fourth-order valence-corrected chi connectivity index (χ4v) is 1.61. The van der Waals surface area contributed by atoms with Crippen LogP contribution in [0.15, 0.2) is 0 Å². The van der Waals surface area contributed by atoms with Crippen LogP contribution in [0.5, 0.6) is 0 Å². The van der Waals surface area contributed by atoms with E-state index >= 15 is 0 Å². The van der Waals surface area contributed by atoms with Gasteiger partial charge in [0.05, 0.1) is 12.5 Å². The Morgan fingerprint density at radius 2 is 2.12 bits per heavy atom. The summed E-state index contributed by atoms with van der Waals surface area (Å²) in [5, 5.41) is 20.3. The average Bonchev–Trinajstić information content (AvgIpc) is 2.59. The molecule has 1 rings (SSSR count). The third-order valence-electron chi connectivity index (χ3n) is 2.54. The molecule has 0 spiro atoms. The van der Waals surface area contributed by atoms with Crippen LogP contribution in [0.1, 0.15) is 46.0 Å². The third kappa shape index (κ3) is 2.77.